The first-order valence-corrected chi connectivity index (χ1v) is 11.2. The minimum Gasteiger partial charge on any atom is -0.469 e. The maximum Gasteiger partial charge on any atom is 0.310 e. The minimum absolute atomic E-state index is 0.00343. The number of benzene rings is 1. The van der Waals surface area contributed by atoms with Gasteiger partial charge in [-0.2, -0.15) is 0 Å². The summed E-state index contributed by atoms with van der Waals surface area (Å²) >= 11 is 0. The van der Waals surface area contributed by atoms with Crippen LogP contribution in [0.25, 0.3) is 0 Å². The number of nitrogens with zero attached hydrogens (tertiary/aromatic N) is 2. The van der Waals surface area contributed by atoms with Crippen LogP contribution in [0.5, 0.6) is 0 Å². The first-order chi connectivity index (χ1) is 13.7. The van der Waals surface area contributed by atoms with Gasteiger partial charge < -0.3 is 9.64 Å². The molecule has 28 heavy (non-hydrogen) atoms. The van der Waals surface area contributed by atoms with Gasteiger partial charge in [0.25, 0.3) is 0 Å². The lowest BCUT2D eigenvalue weighted by molar-refractivity contribution is -0.149. The van der Waals surface area contributed by atoms with Crippen molar-refractivity contribution >= 4 is 5.97 Å². The second-order valence-electron chi connectivity index (χ2n) is 9.40. The standard InChI is InChI=1S/C24H36N2O2/c1-28-23(27)22-18-26(17-21-10-6-3-7-11-21)19-24(22)12-14-25(15-13-24)16-20-8-4-2-5-9-20/h3,6-7,10-11,20,22H,2,4-5,8-9,12-19H2,1H3. The number of methoxy groups -OCH3 is 1. The van der Waals surface area contributed by atoms with Gasteiger partial charge in [0, 0.05) is 31.6 Å². The van der Waals surface area contributed by atoms with Crippen molar-refractivity contribution in [3.63, 3.8) is 0 Å². The van der Waals surface area contributed by atoms with Crippen LogP contribution in [0, 0.1) is 17.3 Å². The highest BCUT2D eigenvalue weighted by molar-refractivity contribution is 5.74. The Hall–Kier alpha value is -1.39. The smallest absolute Gasteiger partial charge is 0.310 e. The van der Waals surface area contributed by atoms with Crippen LogP contribution < -0.4 is 0 Å². The van der Waals surface area contributed by atoms with Crippen LogP contribution in [0.3, 0.4) is 0 Å². The van der Waals surface area contributed by atoms with Gasteiger partial charge in [-0.15, -0.1) is 0 Å². The van der Waals surface area contributed by atoms with E-state index >= 15 is 0 Å². The highest BCUT2D eigenvalue weighted by Crippen LogP contribution is 2.46. The van der Waals surface area contributed by atoms with Gasteiger partial charge in [0.05, 0.1) is 13.0 Å². The maximum absolute atomic E-state index is 12.6. The van der Waals surface area contributed by atoms with Gasteiger partial charge >= 0.3 is 5.97 Å². The molecule has 0 aromatic heterocycles. The number of hydrogen-bond acceptors (Lipinski definition) is 4. The predicted molar refractivity (Wildman–Crippen MR) is 112 cm³/mol. The van der Waals surface area contributed by atoms with E-state index in [-0.39, 0.29) is 17.3 Å². The number of piperidine rings is 1. The zero-order chi connectivity index (χ0) is 19.4. The molecule has 4 nitrogen and oxygen atoms in total. The second-order valence-corrected chi connectivity index (χ2v) is 9.40. The Kier molecular flexibility index (Phi) is 6.37. The monoisotopic (exact) mass is 384 g/mol. The normalized spacial score (nSPS) is 26.5. The molecular weight excluding hydrogens is 348 g/mol. The molecule has 1 saturated carbocycles. The molecule has 1 atom stereocenters. The number of ether oxygens (including phenoxy) is 1. The molecule has 2 saturated heterocycles. The third-order valence-electron chi connectivity index (χ3n) is 7.55. The van der Waals surface area contributed by atoms with Crippen LogP contribution in [-0.4, -0.2) is 55.6 Å². The number of hydrogen-bond donors (Lipinski definition) is 0. The van der Waals surface area contributed by atoms with Crippen molar-refractivity contribution in [2.24, 2.45) is 17.3 Å². The molecule has 3 fully saturated rings. The van der Waals surface area contributed by atoms with Crippen LogP contribution in [-0.2, 0) is 16.1 Å². The lowest BCUT2D eigenvalue weighted by atomic mass is 9.70. The number of carbonyl (C=O) groups excluding carboxylic acids is 1. The summed E-state index contributed by atoms with van der Waals surface area (Å²) in [6.07, 6.45) is 9.35. The van der Waals surface area contributed by atoms with Gasteiger partial charge in [-0.05, 0) is 50.3 Å². The largest absolute Gasteiger partial charge is 0.469 e. The maximum atomic E-state index is 12.6. The van der Waals surface area contributed by atoms with E-state index in [0.29, 0.717) is 0 Å². The predicted octanol–water partition coefficient (Wildman–Crippen LogP) is 3.95. The molecule has 1 aliphatic carbocycles. The number of rotatable bonds is 5. The summed E-state index contributed by atoms with van der Waals surface area (Å²) < 4.78 is 5.23. The molecule has 0 amide bonds. The van der Waals surface area contributed by atoms with Crippen molar-refractivity contribution in [1.82, 2.24) is 9.80 Å². The van der Waals surface area contributed by atoms with E-state index in [1.807, 2.05) is 0 Å². The van der Waals surface area contributed by atoms with Crippen LogP contribution in [0.2, 0.25) is 0 Å². The Morgan fingerprint density at radius 3 is 2.46 bits per heavy atom. The van der Waals surface area contributed by atoms with Gasteiger partial charge in [0.1, 0.15) is 0 Å². The topological polar surface area (TPSA) is 32.8 Å². The van der Waals surface area contributed by atoms with Crippen LogP contribution in [0.4, 0.5) is 0 Å². The van der Waals surface area contributed by atoms with Gasteiger partial charge in [-0.1, -0.05) is 49.6 Å². The molecule has 1 aromatic rings. The Morgan fingerprint density at radius 2 is 1.79 bits per heavy atom. The second kappa shape index (κ2) is 8.96. The van der Waals surface area contributed by atoms with E-state index in [2.05, 4.69) is 40.1 Å². The Morgan fingerprint density at radius 1 is 1.07 bits per heavy atom. The summed E-state index contributed by atoms with van der Waals surface area (Å²) in [5.74, 6) is 0.923. The van der Waals surface area contributed by atoms with Gasteiger partial charge in [0.15, 0.2) is 0 Å². The van der Waals surface area contributed by atoms with Crippen molar-refractivity contribution in [2.75, 3.05) is 39.8 Å². The van der Waals surface area contributed by atoms with E-state index in [0.717, 1.165) is 51.5 Å². The lowest BCUT2D eigenvalue weighted by Crippen LogP contribution is -2.47. The molecular formula is C24H36N2O2. The highest BCUT2D eigenvalue weighted by atomic mass is 16.5. The molecule has 154 valence electrons. The summed E-state index contributed by atoms with van der Waals surface area (Å²) in [5.41, 5.74) is 1.43. The summed E-state index contributed by atoms with van der Waals surface area (Å²) in [7, 11) is 1.55. The van der Waals surface area contributed by atoms with Crippen LogP contribution in [0.15, 0.2) is 30.3 Å². The fourth-order valence-electron chi connectivity index (χ4n) is 5.92. The third kappa shape index (κ3) is 4.44. The first-order valence-electron chi connectivity index (χ1n) is 11.2. The average Bonchev–Trinajstić information content (AvgIpc) is 3.08. The van der Waals surface area contributed by atoms with Crippen molar-refractivity contribution in [3.8, 4) is 0 Å². The van der Waals surface area contributed by atoms with Crippen molar-refractivity contribution in [3.05, 3.63) is 35.9 Å². The van der Waals surface area contributed by atoms with E-state index in [1.54, 1.807) is 7.11 Å². The van der Waals surface area contributed by atoms with Crippen molar-refractivity contribution < 1.29 is 9.53 Å². The van der Waals surface area contributed by atoms with Crippen LogP contribution >= 0.6 is 0 Å². The fraction of sp³-hybridized carbons (Fsp3) is 0.708. The Bertz CT molecular complexity index is 633. The summed E-state index contributed by atoms with van der Waals surface area (Å²) in [6, 6.07) is 10.6. The van der Waals surface area contributed by atoms with Gasteiger partial charge in [-0.25, -0.2) is 0 Å². The summed E-state index contributed by atoms with van der Waals surface area (Å²) in [6.45, 7) is 6.35. The summed E-state index contributed by atoms with van der Waals surface area (Å²) in [4.78, 5) is 17.8. The lowest BCUT2D eigenvalue weighted by Gasteiger charge is -2.43. The zero-order valence-corrected chi connectivity index (χ0v) is 17.4. The molecule has 0 N–H and O–H groups in total. The van der Waals surface area contributed by atoms with Crippen molar-refractivity contribution in [1.29, 1.82) is 0 Å². The van der Waals surface area contributed by atoms with Gasteiger partial charge in [-0.3, -0.25) is 9.69 Å². The number of carbonyl (C=O) groups is 1. The Balaban J connectivity index is 1.39. The van der Waals surface area contributed by atoms with E-state index in [4.69, 9.17) is 4.74 Å². The number of esters is 1. The first kappa shape index (κ1) is 19.9. The Labute approximate surface area is 170 Å². The van der Waals surface area contributed by atoms with E-state index < -0.39 is 0 Å². The molecule has 3 aliphatic rings. The third-order valence-corrected chi connectivity index (χ3v) is 7.55. The highest BCUT2D eigenvalue weighted by Gasteiger charge is 2.51. The quantitative estimate of drug-likeness (QED) is 0.720. The molecule has 2 aliphatic heterocycles. The van der Waals surface area contributed by atoms with Gasteiger partial charge in [0.2, 0.25) is 0 Å². The molecule has 0 bridgehead atoms. The number of likely N-dealkylation sites (tertiary alicyclic amines) is 2. The summed E-state index contributed by atoms with van der Waals surface area (Å²) in [5, 5.41) is 0. The molecule has 4 rings (SSSR count). The van der Waals surface area contributed by atoms with E-state index in [9.17, 15) is 4.79 Å². The zero-order valence-electron chi connectivity index (χ0n) is 17.4. The molecule has 1 aromatic carbocycles. The van der Waals surface area contributed by atoms with E-state index in [1.165, 1.54) is 44.2 Å². The molecule has 4 heteroatoms. The molecule has 1 spiro atoms. The van der Waals surface area contributed by atoms with Crippen LogP contribution in [0.1, 0.15) is 50.5 Å². The van der Waals surface area contributed by atoms with Crippen molar-refractivity contribution in [2.45, 2.75) is 51.5 Å². The minimum atomic E-state index is -0.00343. The fourth-order valence-corrected chi connectivity index (χ4v) is 5.92. The average molecular weight is 385 g/mol. The SMILES string of the molecule is COC(=O)C1CN(Cc2ccccc2)CC12CCN(CC1CCCCC1)CC2. The molecule has 1 unspecified atom stereocenters. The molecule has 2 heterocycles. The molecule has 0 radical (unpaired) electrons.